The third-order valence-corrected chi connectivity index (χ3v) is 5.38. The summed E-state index contributed by atoms with van der Waals surface area (Å²) in [6, 6.07) is 6.43. The molecule has 1 atom stereocenters. The Balaban J connectivity index is 1.76. The number of hydrogen-bond donors (Lipinski definition) is 0. The number of rotatable bonds is 2. The fraction of sp³-hybridized carbons (Fsp3) is 0.357. The zero-order valence-electron chi connectivity index (χ0n) is 10.3. The van der Waals surface area contributed by atoms with Crippen molar-refractivity contribution in [1.29, 1.82) is 0 Å². The molecule has 0 spiro atoms. The van der Waals surface area contributed by atoms with Gasteiger partial charge in [0.15, 0.2) is 0 Å². The fourth-order valence-corrected chi connectivity index (χ4v) is 4.17. The zero-order valence-corrected chi connectivity index (χ0v) is 11.9. The largest absolute Gasteiger partial charge is 0.335 e. The first kappa shape index (κ1) is 11.9. The molecule has 0 fully saturated rings. The third kappa shape index (κ3) is 2.10. The molecule has 0 bridgehead atoms. The van der Waals surface area contributed by atoms with Crippen molar-refractivity contribution in [3.05, 3.63) is 44.3 Å². The summed E-state index contributed by atoms with van der Waals surface area (Å²) in [4.78, 5) is 17.0. The molecule has 2 aromatic heterocycles. The summed E-state index contributed by atoms with van der Waals surface area (Å²) in [6.45, 7) is 3.00. The van der Waals surface area contributed by atoms with Gasteiger partial charge in [-0.25, -0.2) is 0 Å². The van der Waals surface area contributed by atoms with E-state index in [4.69, 9.17) is 0 Å². The first-order valence-electron chi connectivity index (χ1n) is 6.14. The third-order valence-electron chi connectivity index (χ3n) is 3.50. The van der Waals surface area contributed by atoms with Crippen LogP contribution in [0.25, 0.3) is 0 Å². The summed E-state index contributed by atoms with van der Waals surface area (Å²) in [6.07, 6.45) is 1.55. The van der Waals surface area contributed by atoms with E-state index in [0.29, 0.717) is 6.42 Å². The summed E-state index contributed by atoms with van der Waals surface area (Å²) in [7, 11) is 0. The van der Waals surface area contributed by atoms with Gasteiger partial charge in [0.05, 0.1) is 12.5 Å². The minimum Gasteiger partial charge on any atom is -0.335 e. The molecule has 0 saturated carbocycles. The van der Waals surface area contributed by atoms with Crippen molar-refractivity contribution in [3.8, 4) is 0 Å². The molecular weight excluding hydrogens is 262 g/mol. The number of carbonyl (C=O) groups is 1. The summed E-state index contributed by atoms with van der Waals surface area (Å²) >= 11 is 3.47. The van der Waals surface area contributed by atoms with Crippen molar-refractivity contribution in [2.24, 2.45) is 0 Å². The second-order valence-electron chi connectivity index (χ2n) is 4.57. The van der Waals surface area contributed by atoms with E-state index in [0.717, 1.165) is 17.8 Å². The van der Waals surface area contributed by atoms with Crippen LogP contribution >= 0.6 is 22.7 Å². The standard InChI is InChI=1S/C14H15NOS2/c1-10-12-5-8-18-13(12)4-6-15(10)14(16)9-11-3-2-7-17-11/h2-3,5,7-8,10H,4,6,9H2,1H3. The Hall–Kier alpha value is -1.13. The van der Waals surface area contributed by atoms with Crippen molar-refractivity contribution in [2.75, 3.05) is 6.54 Å². The van der Waals surface area contributed by atoms with Crippen LogP contribution in [0.3, 0.4) is 0 Å². The predicted octanol–water partition coefficient (Wildman–Crippen LogP) is 3.50. The molecule has 18 heavy (non-hydrogen) atoms. The van der Waals surface area contributed by atoms with Gasteiger partial charge in [-0.3, -0.25) is 4.79 Å². The lowest BCUT2D eigenvalue weighted by Crippen LogP contribution is -2.39. The van der Waals surface area contributed by atoms with E-state index in [1.165, 1.54) is 10.4 Å². The molecule has 0 radical (unpaired) electrons. The smallest absolute Gasteiger partial charge is 0.228 e. The van der Waals surface area contributed by atoms with Crippen molar-refractivity contribution >= 4 is 28.6 Å². The van der Waals surface area contributed by atoms with E-state index in [-0.39, 0.29) is 11.9 Å². The number of amides is 1. The molecule has 0 aliphatic carbocycles. The van der Waals surface area contributed by atoms with E-state index in [9.17, 15) is 4.79 Å². The van der Waals surface area contributed by atoms with Crippen molar-refractivity contribution in [1.82, 2.24) is 4.90 Å². The first-order valence-corrected chi connectivity index (χ1v) is 7.90. The topological polar surface area (TPSA) is 20.3 Å². The molecule has 1 aliphatic heterocycles. The average molecular weight is 277 g/mol. The lowest BCUT2D eigenvalue weighted by Gasteiger charge is -2.33. The van der Waals surface area contributed by atoms with Crippen LogP contribution in [0.4, 0.5) is 0 Å². The SMILES string of the molecule is CC1c2ccsc2CCN1C(=O)Cc1cccs1. The number of hydrogen-bond acceptors (Lipinski definition) is 3. The Labute approximate surface area is 115 Å². The molecule has 94 valence electrons. The van der Waals surface area contributed by atoms with E-state index in [1.807, 2.05) is 33.7 Å². The summed E-state index contributed by atoms with van der Waals surface area (Å²) in [5.74, 6) is 0.252. The van der Waals surface area contributed by atoms with Gasteiger partial charge in [0, 0.05) is 16.3 Å². The van der Waals surface area contributed by atoms with Gasteiger partial charge in [0.25, 0.3) is 0 Å². The molecule has 0 aromatic carbocycles. The molecule has 2 aromatic rings. The van der Waals surface area contributed by atoms with E-state index in [2.05, 4.69) is 18.4 Å². The van der Waals surface area contributed by atoms with Gasteiger partial charge < -0.3 is 4.90 Å². The highest BCUT2D eigenvalue weighted by Gasteiger charge is 2.28. The summed E-state index contributed by atoms with van der Waals surface area (Å²) in [5, 5.41) is 4.16. The fourth-order valence-electron chi connectivity index (χ4n) is 2.51. The molecule has 3 rings (SSSR count). The number of carbonyl (C=O) groups excluding carboxylic acids is 1. The highest BCUT2D eigenvalue weighted by atomic mass is 32.1. The molecule has 0 N–H and O–H groups in total. The van der Waals surface area contributed by atoms with E-state index >= 15 is 0 Å². The van der Waals surface area contributed by atoms with Gasteiger partial charge in [-0.1, -0.05) is 6.07 Å². The molecule has 4 heteroatoms. The molecular formula is C14H15NOS2. The van der Waals surface area contributed by atoms with Crippen molar-refractivity contribution in [2.45, 2.75) is 25.8 Å². The van der Waals surface area contributed by atoms with Crippen molar-refractivity contribution in [3.63, 3.8) is 0 Å². The van der Waals surface area contributed by atoms with Crippen LogP contribution in [-0.2, 0) is 17.6 Å². The maximum absolute atomic E-state index is 12.3. The first-order chi connectivity index (χ1) is 8.75. The van der Waals surface area contributed by atoms with Gasteiger partial charge in [-0.05, 0) is 41.8 Å². The van der Waals surface area contributed by atoms with Gasteiger partial charge in [-0.15, -0.1) is 22.7 Å². The van der Waals surface area contributed by atoms with Gasteiger partial charge in [-0.2, -0.15) is 0 Å². The Kier molecular flexibility index (Phi) is 3.22. The maximum Gasteiger partial charge on any atom is 0.228 e. The minimum absolute atomic E-state index is 0.229. The van der Waals surface area contributed by atoms with E-state index < -0.39 is 0 Å². The van der Waals surface area contributed by atoms with E-state index in [1.54, 1.807) is 11.3 Å². The van der Waals surface area contributed by atoms with Gasteiger partial charge >= 0.3 is 0 Å². The lowest BCUT2D eigenvalue weighted by atomic mass is 10.0. The van der Waals surface area contributed by atoms with Crippen LogP contribution in [0.2, 0.25) is 0 Å². The Bertz CT molecular complexity index is 544. The number of fused-ring (bicyclic) bond motifs is 1. The van der Waals surface area contributed by atoms with Crippen LogP contribution < -0.4 is 0 Å². The van der Waals surface area contributed by atoms with Crippen LogP contribution in [0.1, 0.15) is 28.3 Å². The normalized spacial score (nSPS) is 18.7. The second kappa shape index (κ2) is 4.86. The molecule has 1 amide bonds. The molecule has 2 nitrogen and oxygen atoms in total. The van der Waals surface area contributed by atoms with Crippen LogP contribution in [0.15, 0.2) is 29.0 Å². The average Bonchev–Trinajstić information content (AvgIpc) is 2.99. The lowest BCUT2D eigenvalue weighted by molar-refractivity contribution is -0.132. The van der Waals surface area contributed by atoms with Crippen molar-refractivity contribution < 1.29 is 4.79 Å². The predicted molar refractivity (Wildman–Crippen MR) is 76.2 cm³/mol. The molecule has 3 heterocycles. The summed E-state index contributed by atoms with van der Waals surface area (Å²) < 4.78 is 0. The Morgan fingerprint density at radius 2 is 2.28 bits per heavy atom. The quantitative estimate of drug-likeness (QED) is 0.822. The number of nitrogens with zero attached hydrogens (tertiary/aromatic N) is 1. The molecule has 1 aliphatic rings. The van der Waals surface area contributed by atoms with Crippen LogP contribution in [-0.4, -0.2) is 17.4 Å². The minimum atomic E-state index is 0.229. The Morgan fingerprint density at radius 1 is 1.39 bits per heavy atom. The van der Waals surface area contributed by atoms with Crippen LogP contribution in [0.5, 0.6) is 0 Å². The highest BCUT2D eigenvalue weighted by molar-refractivity contribution is 7.10. The Morgan fingerprint density at radius 3 is 3.06 bits per heavy atom. The second-order valence-corrected chi connectivity index (χ2v) is 6.60. The maximum atomic E-state index is 12.3. The molecule has 0 saturated heterocycles. The monoisotopic (exact) mass is 277 g/mol. The summed E-state index contributed by atoms with van der Waals surface area (Å²) in [5.41, 5.74) is 1.34. The zero-order chi connectivity index (χ0) is 12.5. The van der Waals surface area contributed by atoms with Gasteiger partial charge in [0.2, 0.25) is 5.91 Å². The number of thiophene rings is 2. The van der Waals surface area contributed by atoms with Crippen LogP contribution in [0, 0.1) is 0 Å². The highest BCUT2D eigenvalue weighted by Crippen LogP contribution is 2.33. The molecule has 1 unspecified atom stereocenters. The van der Waals surface area contributed by atoms with Gasteiger partial charge in [0.1, 0.15) is 0 Å².